The van der Waals surface area contributed by atoms with Gasteiger partial charge in [-0.25, -0.2) is 14.0 Å². The molecule has 0 saturated carbocycles. The molecule has 0 saturated heterocycles. The van der Waals surface area contributed by atoms with Crippen LogP contribution in [0.3, 0.4) is 0 Å². The molecule has 2 aromatic carbocycles. The number of hydrogen-bond acceptors (Lipinski definition) is 5. The topological polar surface area (TPSA) is 73.9 Å². The van der Waals surface area contributed by atoms with Crippen LogP contribution in [0.5, 0.6) is 5.75 Å². The maximum Gasteiger partial charge on any atom is 0.408 e. The van der Waals surface area contributed by atoms with Gasteiger partial charge < -0.3 is 19.5 Å². The molecule has 0 aliphatic rings. The zero-order valence-electron chi connectivity index (χ0n) is 19.1. The van der Waals surface area contributed by atoms with Crippen molar-refractivity contribution < 1.29 is 28.2 Å². The summed E-state index contributed by atoms with van der Waals surface area (Å²) in [5, 5.41) is 2.84. The number of nitrogens with one attached hydrogen (secondary N) is 1. The first-order valence-corrected chi connectivity index (χ1v) is 10.6. The highest BCUT2D eigenvalue weighted by Crippen LogP contribution is 2.32. The average molecular weight is 466 g/mol. The number of halogens is 2. The summed E-state index contributed by atoms with van der Waals surface area (Å²) in [6, 6.07) is 10.0. The Hall–Kier alpha value is -2.80. The highest BCUT2D eigenvalue weighted by atomic mass is 35.5. The van der Waals surface area contributed by atoms with E-state index in [-0.39, 0.29) is 0 Å². The highest BCUT2D eigenvalue weighted by molar-refractivity contribution is 6.32. The number of carbonyl (C=O) groups is 2. The van der Waals surface area contributed by atoms with E-state index in [2.05, 4.69) is 5.32 Å². The number of rotatable bonds is 7. The molecule has 3 atom stereocenters. The Balaban J connectivity index is 2.16. The molecular weight excluding hydrogens is 437 g/mol. The molecule has 0 aliphatic heterocycles. The first-order valence-electron chi connectivity index (χ1n) is 10.2. The predicted octanol–water partition coefficient (Wildman–Crippen LogP) is 5.75. The maximum absolute atomic E-state index is 13.4. The molecule has 8 heteroatoms. The standard InChI is InChI=1S/C24H29ClFNO5/c1-14-7-12-20(19(25)13-14)31-21(17-8-10-18(26)11-9-17)16(3)30-22(28)15(2)27-23(29)32-24(4,5)6/h7-13,15-16,21H,1-6H3,(H,27,29)/t15-,16-,21-/m0/s1. The summed E-state index contributed by atoms with van der Waals surface area (Å²) in [5.41, 5.74) is 0.855. The second kappa shape index (κ2) is 10.7. The van der Waals surface area contributed by atoms with Gasteiger partial charge in [0.2, 0.25) is 0 Å². The molecule has 0 spiro atoms. The third-order valence-electron chi connectivity index (χ3n) is 4.36. The van der Waals surface area contributed by atoms with Crippen molar-refractivity contribution in [2.75, 3.05) is 0 Å². The molecule has 0 bridgehead atoms. The summed E-state index contributed by atoms with van der Waals surface area (Å²) >= 11 is 6.30. The Kier molecular flexibility index (Phi) is 8.50. The zero-order chi connectivity index (χ0) is 24.1. The summed E-state index contributed by atoms with van der Waals surface area (Å²) in [6.45, 7) is 10.2. The van der Waals surface area contributed by atoms with E-state index in [1.54, 1.807) is 52.0 Å². The van der Waals surface area contributed by atoms with E-state index < -0.39 is 41.7 Å². The fourth-order valence-corrected chi connectivity index (χ4v) is 3.10. The van der Waals surface area contributed by atoms with Crippen molar-refractivity contribution in [2.45, 2.75) is 65.4 Å². The van der Waals surface area contributed by atoms with E-state index in [4.69, 9.17) is 25.8 Å². The number of ether oxygens (including phenoxy) is 3. The molecule has 32 heavy (non-hydrogen) atoms. The molecule has 6 nitrogen and oxygen atoms in total. The highest BCUT2D eigenvalue weighted by Gasteiger charge is 2.29. The van der Waals surface area contributed by atoms with Crippen LogP contribution in [0.1, 0.15) is 51.8 Å². The summed E-state index contributed by atoms with van der Waals surface area (Å²) in [5.74, 6) is -0.677. The molecule has 174 valence electrons. The number of carbonyl (C=O) groups excluding carboxylic acids is 2. The van der Waals surface area contributed by atoms with Gasteiger partial charge in [0.15, 0.2) is 6.10 Å². The lowest BCUT2D eigenvalue weighted by atomic mass is 10.0. The summed E-state index contributed by atoms with van der Waals surface area (Å²) in [7, 11) is 0. The van der Waals surface area contributed by atoms with Crippen LogP contribution in [0, 0.1) is 12.7 Å². The minimum absolute atomic E-state index is 0.398. The molecule has 0 aliphatic carbocycles. The van der Waals surface area contributed by atoms with Gasteiger partial charge >= 0.3 is 12.1 Å². The largest absolute Gasteiger partial charge is 0.480 e. The van der Waals surface area contributed by atoms with E-state index in [1.807, 2.05) is 13.0 Å². The van der Waals surface area contributed by atoms with Gasteiger partial charge in [-0.3, -0.25) is 0 Å². The quantitative estimate of drug-likeness (QED) is 0.527. The van der Waals surface area contributed by atoms with Crippen LogP contribution < -0.4 is 10.1 Å². The van der Waals surface area contributed by atoms with E-state index in [0.717, 1.165) is 5.56 Å². The van der Waals surface area contributed by atoms with Gasteiger partial charge in [0.25, 0.3) is 0 Å². The van der Waals surface area contributed by atoms with Gasteiger partial charge in [-0.1, -0.05) is 29.8 Å². The number of amides is 1. The average Bonchev–Trinajstić information content (AvgIpc) is 2.66. The van der Waals surface area contributed by atoms with Gasteiger partial charge in [0, 0.05) is 0 Å². The van der Waals surface area contributed by atoms with Crippen LogP contribution in [0.15, 0.2) is 42.5 Å². The number of aryl methyl sites for hydroxylation is 1. The van der Waals surface area contributed by atoms with E-state index in [0.29, 0.717) is 16.3 Å². The Labute approximate surface area is 193 Å². The number of esters is 1. The fraction of sp³-hybridized carbons (Fsp3) is 0.417. The van der Waals surface area contributed by atoms with Crippen LogP contribution >= 0.6 is 11.6 Å². The Morgan fingerprint density at radius 1 is 1.06 bits per heavy atom. The van der Waals surface area contributed by atoms with Crippen LogP contribution in [-0.2, 0) is 14.3 Å². The Bertz CT molecular complexity index is 942. The Morgan fingerprint density at radius 2 is 1.69 bits per heavy atom. The molecule has 0 fully saturated rings. The lowest BCUT2D eigenvalue weighted by Crippen LogP contribution is -2.43. The third-order valence-corrected chi connectivity index (χ3v) is 4.65. The van der Waals surface area contributed by atoms with Crippen molar-refractivity contribution in [3.8, 4) is 5.75 Å². The molecule has 0 heterocycles. The lowest BCUT2D eigenvalue weighted by molar-refractivity contribution is -0.155. The zero-order valence-corrected chi connectivity index (χ0v) is 19.8. The van der Waals surface area contributed by atoms with Crippen LogP contribution in [-0.4, -0.2) is 29.8 Å². The van der Waals surface area contributed by atoms with Crippen LogP contribution in [0.25, 0.3) is 0 Å². The molecule has 0 radical (unpaired) electrons. The molecular formula is C24H29ClFNO5. The normalized spacial score (nSPS) is 14.1. The van der Waals surface area contributed by atoms with E-state index in [1.165, 1.54) is 19.1 Å². The minimum Gasteiger partial charge on any atom is -0.480 e. The first-order chi connectivity index (χ1) is 14.9. The smallest absolute Gasteiger partial charge is 0.408 e. The van der Waals surface area contributed by atoms with Gasteiger partial charge in [-0.15, -0.1) is 0 Å². The molecule has 0 aromatic heterocycles. The number of hydrogen-bond donors (Lipinski definition) is 1. The third kappa shape index (κ3) is 7.71. The van der Waals surface area contributed by atoms with Crippen molar-refractivity contribution in [3.05, 3.63) is 64.4 Å². The molecule has 2 rings (SSSR count). The lowest BCUT2D eigenvalue weighted by Gasteiger charge is -2.27. The summed E-state index contributed by atoms with van der Waals surface area (Å²) in [4.78, 5) is 24.5. The van der Waals surface area contributed by atoms with E-state index in [9.17, 15) is 14.0 Å². The molecule has 1 N–H and O–H groups in total. The van der Waals surface area contributed by atoms with Crippen LogP contribution in [0.4, 0.5) is 9.18 Å². The van der Waals surface area contributed by atoms with Gasteiger partial charge in [-0.05, 0) is 76.9 Å². The van der Waals surface area contributed by atoms with Crippen molar-refractivity contribution >= 4 is 23.7 Å². The van der Waals surface area contributed by atoms with Gasteiger partial charge in [0.1, 0.15) is 29.3 Å². The van der Waals surface area contributed by atoms with E-state index >= 15 is 0 Å². The number of alkyl carbamates (subject to hydrolysis) is 1. The summed E-state index contributed by atoms with van der Waals surface area (Å²) < 4.78 is 30.2. The second-order valence-electron chi connectivity index (χ2n) is 8.53. The van der Waals surface area contributed by atoms with Crippen LogP contribution in [0.2, 0.25) is 5.02 Å². The number of benzene rings is 2. The second-order valence-corrected chi connectivity index (χ2v) is 8.94. The van der Waals surface area contributed by atoms with Crippen molar-refractivity contribution in [1.29, 1.82) is 0 Å². The molecule has 0 unspecified atom stereocenters. The van der Waals surface area contributed by atoms with Gasteiger partial charge in [0.05, 0.1) is 5.02 Å². The monoisotopic (exact) mass is 465 g/mol. The molecule has 2 aromatic rings. The fourth-order valence-electron chi connectivity index (χ4n) is 2.82. The predicted molar refractivity (Wildman–Crippen MR) is 120 cm³/mol. The Morgan fingerprint density at radius 3 is 2.25 bits per heavy atom. The summed E-state index contributed by atoms with van der Waals surface area (Å²) in [6.07, 6.45) is -2.28. The maximum atomic E-state index is 13.4. The minimum atomic E-state index is -0.955. The van der Waals surface area contributed by atoms with Crippen molar-refractivity contribution in [2.24, 2.45) is 0 Å². The van der Waals surface area contributed by atoms with Crippen molar-refractivity contribution in [1.82, 2.24) is 5.32 Å². The van der Waals surface area contributed by atoms with Gasteiger partial charge in [-0.2, -0.15) is 0 Å². The van der Waals surface area contributed by atoms with Crippen molar-refractivity contribution in [3.63, 3.8) is 0 Å². The first kappa shape index (κ1) is 25.5. The SMILES string of the molecule is Cc1ccc(O[C@H](c2ccc(F)cc2)[C@H](C)OC(=O)[C@H](C)NC(=O)OC(C)(C)C)c(Cl)c1. The molecule has 1 amide bonds.